The third-order valence-corrected chi connectivity index (χ3v) is 9.49. The van der Waals surface area contributed by atoms with Gasteiger partial charge in [-0.15, -0.1) is 0 Å². The van der Waals surface area contributed by atoms with Gasteiger partial charge in [0.2, 0.25) is 41.4 Å². The van der Waals surface area contributed by atoms with Gasteiger partial charge in [0.05, 0.1) is 19.0 Å². The van der Waals surface area contributed by atoms with Gasteiger partial charge in [-0.1, -0.05) is 65.0 Å². The van der Waals surface area contributed by atoms with Crippen LogP contribution in [0.2, 0.25) is 0 Å². The number of nitrogens with one attached hydrogen (secondary N) is 6. The average molecular weight is 811 g/mol. The quantitative estimate of drug-likeness (QED) is 0.0768. The number of rotatable bonds is 21. The summed E-state index contributed by atoms with van der Waals surface area (Å²) in [6.07, 6.45) is -0.995. The number of aromatic hydroxyl groups is 1. The van der Waals surface area contributed by atoms with Crippen LogP contribution in [0.5, 0.6) is 5.75 Å². The maximum Gasteiger partial charge on any atom is 0.305 e. The molecule has 0 aliphatic heterocycles. The van der Waals surface area contributed by atoms with Crippen LogP contribution < -0.4 is 43.4 Å². The Kier molecular flexibility index (Phi) is 18.3. The van der Waals surface area contributed by atoms with Crippen LogP contribution in [-0.2, 0) is 44.8 Å². The van der Waals surface area contributed by atoms with E-state index in [0.717, 1.165) is 16.7 Å². The third kappa shape index (κ3) is 14.5. The van der Waals surface area contributed by atoms with Gasteiger partial charge in [-0.2, -0.15) is 0 Å². The lowest BCUT2D eigenvalue weighted by atomic mass is 9.86. The molecule has 7 amide bonds. The molecule has 0 saturated carbocycles. The van der Waals surface area contributed by atoms with E-state index in [2.05, 4.69) is 31.9 Å². The number of carbonyl (C=O) groups is 8. The molecule has 7 atom stereocenters. The van der Waals surface area contributed by atoms with Crippen molar-refractivity contribution in [2.75, 3.05) is 6.54 Å². The molecule has 0 bridgehead atoms. The smallest absolute Gasteiger partial charge is 0.305 e. The summed E-state index contributed by atoms with van der Waals surface area (Å²) in [4.78, 5) is 103. The van der Waals surface area contributed by atoms with Crippen LogP contribution in [-0.4, -0.2) is 100 Å². The molecular weight excluding hydrogens is 752 g/mol. The number of carboxylic acid groups (broad SMARTS) is 1. The highest BCUT2D eigenvalue weighted by molar-refractivity contribution is 5.98. The first-order valence-electron chi connectivity index (χ1n) is 18.9. The van der Waals surface area contributed by atoms with Crippen molar-refractivity contribution >= 4 is 47.3 Å². The summed E-state index contributed by atoms with van der Waals surface area (Å²) in [5, 5.41) is 34.5. The summed E-state index contributed by atoms with van der Waals surface area (Å²) in [5.41, 5.74) is 14.3. The zero-order valence-corrected chi connectivity index (χ0v) is 34.2. The number of nitrogens with two attached hydrogens (primary N) is 2. The molecule has 0 aromatic heterocycles. The second kappa shape index (κ2) is 22.0. The number of benzene rings is 2. The predicted molar refractivity (Wildman–Crippen MR) is 214 cm³/mol. The molecule has 0 spiro atoms. The van der Waals surface area contributed by atoms with E-state index in [-0.39, 0.29) is 12.2 Å². The second-order valence-electron chi connectivity index (χ2n) is 15.1. The molecule has 0 fully saturated rings. The highest BCUT2D eigenvalue weighted by Gasteiger charge is 2.35. The van der Waals surface area contributed by atoms with Crippen LogP contribution in [0.4, 0.5) is 0 Å². The van der Waals surface area contributed by atoms with Crippen LogP contribution in [0, 0.1) is 25.7 Å². The van der Waals surface area contributed by atoms with E-state index in [1.807, 2.05) is 0 Å². The van der Waals surface area contributed by atoms with Gasteiger partial charge in [-0.05, 0) is 67.0 Å². The molecule has 2 aromatic rings. The molecule has 58 heavy (non-hydrogen) atoms. The molecule has 0 radical (unpaired) electrons. The number of carbonyl (C=O) groups excluding carboxylic acids is 7. The van der Waals surface area contributed by atoms with Gasteiger partial charge in [0.1, 0.15) is 36.0 Å². The van der Waals surface area contributed by atoms with Crippen molar-refractivity contribution < 1.29 is 48.6 Å². The molecule has 2 rings (SSSR count). The van der Waals surface area contributed by atoms with Crippen LogP contribution in [0.1, 0.15) is 76.1 Å². The molecule has 0 heterocycles. The van der Waals surface area contributed by atoms with E-state index >= 15 is 0 Å². The highest BCUT2D eigenvalue weighted by atomic mass is 16.4. The fourth-order valence-corrected chi connectivity index (χ4v) is 6.31. The maximum atomic E-state index is 13.8. The standard InChI is InChI=1S/C40H58N8O10/c1-19(2)33(39(57)43-18-29(41)50)48-40(58)34(20(3)4)47-37(55)28(17-30(51)52)46-36(54)27(16-25-12-10-9-11-13-25)45-35(53)24(8)44-38(56)32(42)23(7)31-21(5)14-26(49)15-22(31)6/h9-15,19-20,23-24,27-28,32-34,49H,16-18,42H2,1-8H3,(H2,41,50)(H,43,57)(H,44,56)(H,45,53)(H,46,54)(H,47,55)(H,48,58)(H,51,52)/t23-,24-,27+,28+,32-,33+,34+/m1/s1. The Morgan fingerprint density at radius 2 is 1.16 bits per heavy atom. The van der Waals surface area contributed by atoms with Crippen molar-refractivity contribution in [3.8, 4) is 5.75 Å². The van der Waals surface area contributed by atoms with Gasteiger partial charge >= 0.3 is 5.97 Å². The van der Waals surface area contributed by atoms with Crippen LogP contribution in [0.25, 0.3) is 0 Å². The summed E-state index contributed by atoms with van der Waals surface area (Å²) in [6.45, 7) is 12.7. The Hall–Kier alpha value is -6.04. The third-order valence-electron chi connectivity index (χ3n) is 9.49. The normalized spacial score (nSPS) is 14.7. The summed E-state index contributed by atoms with van der Waals surface area (Å²) in [7, 11) is 0. The van der Waals surface area contributed by atoms with E-state index in [9.17, 15) is 48.6 Å². The van der Waals surface area contributed by atoms with Crippen molar-refractivity contribution in [1.82, 2.24) is 31.9 Å². The van der Waals surface area contributed by atoms with E-state index in [0.29, 0.717) is 5.56 Å². The Balaban J connectivity index is 2.28. The average Bonchev–Trinajstić information content (AvgIpc) is 3.13. The lowest BCUT2D eigenvalue weighted by molar-refractivity contribution is -0.141. The lowest BCUT2D eigenvalue weighted by Crippen LogP contribution is -2.61. The lowest BCUT2D eigenvalue weighted by Gasteiger charge is -2.29. The molecule has 2 aromatic carbocycles. The first kappa shape index (κ1) is 48.1. The van der Waals surface area contributed by atoms with E-state index < -0.39 is 114 Å². The summed E-state index contributed by atoms with van der Waals surface area (Å²) in [6, 6.07) is 3.84. The first-order chi connectivity index (χ1) is 27.0. The van der Waals surface area contributed by atoms with Crippen molar-refractivity contribution in [3.05, 3.63) is 64.7 Å². The molecule has 0 unspecified atom stereocenters. The van der Waals surface area contributed by atoms with E-state index in [1.165, 1.54) is 6.92 Å². The number of aryl methyl sites for hydroxylation is 2. The minimum Gasteiger partial charge on any atom is -0.508 e. The number of carboxylic acids is 1. The molecule has 318 valence electrons. The zero-order chi connectivity index (χ0) is 44.0. The topological polar surface area (TPSA) is 301 Å². The van der Waals surface area contributed by atoms with Crippen molar-refractivity contribution in [2.24, 2.45) is 23.3 Å². The van der Waals surface area contributed by atoms with Crippen LogP contribution in [0.3, 0.4) is 0 Å². The number of aliphatic carboxylic acids is 1. The fraction of sp³-hybridized carbons (Fsp3) is 0.500. The van der Waals surface area contributed by atoms with Gasteiger partial charge in [-0.25, -0.2) is 0 Å². The van der Waals surface area contributed by atoms with Gasteiger partial charge in [0.25, 0.3) is 0 Å². The molecule has 12 N–H and O–H groups in total. The molecule has 0 aliphatic rings. The number of primary amides is 1. The van der Waals surface area contributed by atoms with Gasteiger partial charge in [0.15, 0.2) is 0 Å². The Bertz CT molecular complexity index is 1800. The van der Waals surface area contributed by atoms with E-state index in [1.54, 1.807) is 90.9 Å². The Labute approximate surface area is 338 Å². The largest absolute Gasteiger partial charge is 0.508 e. The number of hydrogen-bond acceptors (Lipinski definition) is 10. The summed E-state index contributed by atoms with van der Waals surface area (Å²) < 4.78 is 0. The predicted octanol–water partition coefficient (Wildman–Crippen LogP) is -0.485. The SMILES string of the molecule is Cc1cc(O)cc(C)c1[C@@H](C)[C@@H](N)C(=O)N[C@H](C)C(=O)N[C@@H](Cc1ccccc1)C(=O)N[C@@H](CC(=O)O)C(=O)N[C@H](C(=O)N[C@H](C(=O)NCC(N)=O)C(C)C)C(C)C. The Morgan fingerprint density at radius 1 is 0.655 bits per heavy atom. The molecular formula is C40H58N8O10. The summed E-state index contributed by atoms with van der Waals surface area (Å²) >= 11 is 0. The second-order valence-corrected chi connectivity index (χ2v) is 15.1. The number of phenols is 1. The number of hydrogen-bond donors (Lipinski definition) is 10. The minimum absolute atomic E-state index is 0.0726. The maximum absolute atomic E-state index is 13.8. The number of phenolic OH excluding ortho intramolecular Hbond substituents is 1. The van der Waals surface area contributed by atoms with E-state index in [4.69, 9.17) is 11.5 Å². The minimum atomic E-state index is -1.72. The molecule has 0 saturated heterocycles. The van der Waals surface area contributed by atoms with Gasteiger partial charge < -0.3 is 53.6 Å². The van der Waals surface area contributed by atoms with Crippen molar-refractivity contribution in [1.29, 1.82) is 0 Å². The molecule has 18 heteroatoms. The Morgan fingerprint density at radius 3 is 1.67 bits per heavy atom. The monoisotopic (exact) mass is 810 g/mol. The summed E-state index contributed by atoms with van der Waals surface area (Å²) in [5.74, 6) is -8.60. The van der Waals surface area contributed by atoms with Gasteiger partial charge in [0, 0.05) is 12.3 Å². The van der Waals surface area contributed by atoms with Crippen molar-refractivity contribution in [2.45, 2.75) is 110 Å². The molecule has 0 aliphatic carbocycles. The van der Waals surface area contributed by atoms with Crippen LogP contribution >= 0.6 is 0 Å². The number of amides is 7. The fourth-order valence-electron chi connectivity index (χ4n) is 6.31. The zero-order valence-electron chi connectivity index (χ0n) is 34.2. The van der Waals surface area contributed by atoms with Crippen LogP contribution in [0.15, 0.2) is 42.5 Å². The van der Waals surface area contributed by atoms with Gasteiger partial charge in [-0.3, -0.25) is 38.4 Å². The highest BCUT2D eigenvalue weighted by Crippen LogP contribution is 2.29. The van der Waals surface area contributed by atoms with Crippen molar-refractivity contribution in [3.63, 3.8) is 0 Å². The molecule has 18 nitrogen and oxygen atoms in total. The first-order valence-corrected chi connectivity index (χ1v) is 18.9.